The minimum absolute atomic E-state index is 0.0331. The van der Waals surface area contributed by atoms with Gasteiger partial charge in [-0.05, 0) is 50.6 Å². The molecule has 0 unspecified atom stereocenters. The van der Waals surface area contributed by atoms with E-state index >= 15 is 0 Å². The van der Waals surface area contributed by atoms with Crippen LogP contribution < -0.4 is 15.2 Å². The molecule has 0 aliphatic heterocycles. The molecule has 0 amide bonds. The van der Waals surface area contributed by atoms with Crippen molar-refractivity contribution in [3.05, 3.63) is 71.7 Å². The summed E-state index contributed by atoms with van der Waals surface area (Å²) in [4.78, 5) is 22.0. The molecule has 0 saturated carbocycles. The summed E-state index contributed by atoms with van der Waals surface area (Å²) in [5, 5.41) is 0.457. The standard InChI is InChI=1S/C24H25N5O4S/c1-14(2)29-12-17(21-23(25)26-13-27-24(21)29)22(30)16-9-10-19(33-4)18(11-16)28-34(31,32)20-8-6-5-7-15(20)3/h5-14,28H,1-4H3,(H2,25,26,27). The molecule has 0 aliphatic carbocycles. The van der Waals surface area contributed by atoms with Gasteiger partial charge in [-0.3, -0.25) is 9.52 Å². The number of aryl methyl sites for hydroxylation is 1. The van der Waals surface area contributed by atoms with E-state index in [1.807, 2.05) is 18.4 Å². The predicted octanol–water partition coefficient (Wildman–Crippen LogP) is 3.94. The second-order valence-electron chi connectivity index (χ2n) is 8.12. The van der Waals surface area contributed by atoms with Crippen LogP contribution in [0.2, 0.25) is 0 Å². The summed E-state index contributed by atoms with van der Waals surface area (Å²) < 4.78 is 35.9. The molecule has 0 atom stereocenters. The Bertz CT molecular complexity index is 1510. The number of nitrogens with one attached hydrogen (secondary N) is 1. The van der Waals surface area contributed by atoms with Gasteiger partial charge in [0.15, 0.2) is 5.78 Å². The smallest absolute Gasteiger partial charge is 0.262 e. The third-order valence-electron chi connectivity index (χ3n) is 5.53. The second kappa shape index (κ2) is 8.79. The van der Waals surface area contributed by atoms with Crippen LogP contribution in [-0.2, 0) is 10.0 Å². The van der Waals surface area contributed by atoms with Crippen LogP contribution in [0.1, 0.15) is 41.4 Å². The fraction of sp³-hybridized carbons (Fsp3) is 0.208. The molecule has 2 heterocycles. The maximum absolute atomic E-state index is 13.5. The monoisotopic (exact) mass is 479 g/mol. The highest BCUT2D eigenvalue weighted by atomic mass is 32.2. The fourth-order valence-electron chi connectivity index (χ4n) is 3.82. The zero-order chi connectivity index (χ0) is 24.6. The third kappa shape index (κ3) is 4.08. The molecule has 2 aromatic heterocycles. The number of fused-ring (bicyclic) bond motifs is 1. The van der Waals surface area contributed by atoms with Gasteiger partial charge in [-0.25, -0.2) is 18.4 Å². The number of carbonyl (C=O) groups is 1. The summed E-state index contributed by atoms with van der Waals surface area (Å²) in [5.74, 6) is 0.132. The molecule has 34 heavy (non-hydrogen) atoms. The number of anilines is 2. The van der Waals surface area contributed by atoms with Crippen LogP contribution in [0.15, 0.2) is 59.9 Å². The van der Waals surface area contributed by atoms with Gasteiger partial charge in [0, 0.05) is 17.8 Å². The maximum Gasteiger partial charge on any atom is 0.262 e. The van der Waals surface area contributed by atoms with Crippen molar-refractivity contribution in [2.45, 2.75) is 31.7 Å². The number of nitrogens with two attached hydrogens (primary N) is 1. The minimum atomic E-state index is -3.92. The number of nitrogen functional groups attached to an aromatic ring is 1. The lowest BCUT2D eigenvalue weighted by atomic mass is 10.0. The Balaban J connectivity index is 1.80. The number of rotatable bonds is 7. The molecule has 0 radical (unpaired) electrons. The van der Waals surface area contributed by atoms with Gasteiger partial charge in [-0.2, -0.15) is 0 Å². The first kappa shape index (κ1) is 23.2. The van der Waals surface area contributed by atoms with E-state index in [1.54, 1.807) is 43.5 Å². The zero-order valence-corrected chi connectivity index (χ0v) is 20.1. The van der Waals surface area contributed by atoms with Crippen molar-refractivity contribution in [1.29, 1.82) is 0 Å². The number of nitrogens with zero attached hydrogens (tertiary/aromatic N) is 3. The van der Waals surface area contributed by atoms with Crippen molar-refractivity contribution >= 4 is 38.3 Å². The molecule has 2 aromatic carbocycles. The number of carbonyl (C=O) groups excluding carboxylic acids is 1. The number of methoxy groups -OCH3 is 1. The Morgan fingerprint density at radius 3 is 2.56 bits per heavy atom. The average Bonchev–Trinajstić information content (AvgIpc) is 3.20. The minimum Gasteiger partial charge on any atom is -0.495 e. The lowest BCUT2D eigenvalue weighted by Gasteiger charge is -2.14. The number of hydrogen-bond donors (Lipinski definition) is 2. The van der Waals surface area contributed by atoms with Gasteiger partial charge in [0.2, 0.25) is 0 Å². The molecule has 0 fully saturated rings. The molecule has 9 nitrogen and oxygen atoms in total. The predicted molar refractivity (Wildman–Crippen MR) is 131 cm³/mol. The SMILES string of the molecule is COc1ccc(C(=O)c2cn(C(C)C)c3ncnc(N)c23)cc1NS(=O)(=O)c1ccccc1C. The number of ether oxygens (including phenoxy) is 1. The number of ketones is 1. The molecule has 0 saturated heterocycles. The van der Waals surface area contributed by atoms with Crippen LogP contribution >= 0.6 is 0 Å². The van der Waals surface area contributed by atoms with Crippen LogP contribution in [0.3, 0.4) is 0 Å². The Morgan fingerprint density at radius 2 is 1.88 bits per heavy atom. The van der Waals surface area contributed by atoms with E-state index in [1.165, 1.54) is 25.6 Å². The van der Waals surface area contributed by atoms with Crippen molar-refractivity contribution in [3.63, 3.8) is 0 Å². The number of hydrogen-bond acceptors (Lipinski definition) is 7. The van der Waals surface area contributed by atoms with E-state index < -0.39 is 10.0 Å². The molecular weight excluding hydrogens is 454 g/mol. The highest BCUT2D eigenvalue weighted by Gasteiger charge is 2.24. The fourth-order valence-corrected chi connectivity index (χ4v) is 5.12. The lowest BCUT2D eigenvalue weighted by Crippen LogP contribution is -2.15. The Kier molecular flexibility index (Phi) is 6.01. The molecule has 0 aliphatic rings. The number of aromatic nitrogens is 3. The first-order valence-electron chi connectivity index (χ1n) is 10.6. The summed E-state index contributed by atoms with van der Waals surface area (Å²) in [6.07, 6.45) is 3.06. The highest BCUT2D eigenvalue weighted by molar-refractivity contribution is 7.92. The molecule has 10 heteroatoms. The Labute approximate surface area is 197 Å². The van der Waals surface area contributed by atoms with Crippen LogP contribution in [-0.4, -0.2) is 35.8 Å². The molecule has 4 aromatic rings. The maximum atomic E-state index is 13.5. The first-order chi connectivity index (χ1) is 16.1. The van der Waals surface area contributed by atoms with Gasteiger partial charge < -0.3 is 15.0 Å². The van der Waals surface area contributed by atoms with E-state index in [2.05, 4.69) is 14.7 Å². The largest absolute Gasteiger partial charge is 0.495 e. The van der Waals surface area contributed by atoms with Crippen LogP contribution in [0, 0.1) is 6.92 Å². The van der Waals surface area contributed by atoms with E-state index in [4.69, 9.17) is 10.5 Å². The molecular formula is C24H25N5O4S. The van der Waals surface area contributed by atoms with Crippen molar-refractivity contribution in [2.75, 3.05) is 17.6 Å². The van der Waals surface area contributed by atoms with Crippen LogP contribution in [0.4, 0.5) is 11.5 Å². The van der Waals surface area contributed by atoms with Crippen molar-refractivity contribution in [3.8, 4) is 5.75 Å². The van der Waals surface area contributed by atoms with E-state index in [0.717, 1.165) is 0 Å². The second-order valence-corrected chi connectivity index (χ2v) is 9.77. The van der Waals surface area contributed by atoms with E-state index in [9.17, 15) is 13.2 Å². The molecule has 0 bridgehead atoms. The first-order valence-corrected chi connectivity index (χ1v) is 12.0. The van der Waals surface area contributed by atoms with E-state index in [0.29, 0.717) is 22.2 Å². The molecule has 176 valence electrons. The summed E-state index contributed by atoms with van der Waals surface area (Å²) in [6, 6.07) is 11.2. The zero-order valence-electron chi connectivity index (χ0n) is 19.2. The quantitative estimate of drug-likeness (QED) is 0.384. The van der Waals surface area contributed by atoms with Crippen molar-refractivity contribution in [2.24, 2.45) is 0 Å². The number of benzene rings is 2. The summed E-state index contributed by atoms with van der Waals surface area (Å²) in [5.41, 5.74) is 7.98. The average molecular weight is 480 g/mol. The summed E-state index contributed by atoms with van der Waals surface area (Å²) in [6.45, 7) is 5.65. The molecule has 3 N–H and O–H groups in total. The molecule has 4 rings (SSSR count). The topological polar surface area (TPSA) is 129 Å². The highest BCUT2D eigenvalue weighted by Crippen LogP contribution is 2.32. The molecule has 0 spiro atoms. The van der Waals surface area contributed by atoms with Gasteiger partial charge >= 0.3 is 0 Å². The Hall–Kier alpha value is -3.92. The van der Waals surface area contributed by atoms with Gasteiger partial charge in [-0.15, -0.1) is 0 Å². The Morgan fingerprint density at radius 1 is 1.15 bits per heavy atom. The van der Waals surface area contributed by atoms with Gasteiger partial charge in [0.05, 0.1) is 28.6 Å². The number of sulfonamides is 1. The summed E-state index contributed by atoms with van der Waals surface area (Å²) in [7, 11) is -2.49. The summed E-state index contributed by atoms with van der Waals surface area (Å²) >= 11 is 0. The van der Waals surface area contributed by atoms with Gasteiger partial charge in [-0.1, -0.05) is 18.2 Å². The third-order valence-corrected chi connectivity index (χ3v) is 7.05. The van der Waals surface area contributed by atoms with Crippen molar-refractivity contribution in [1.82, 2.24) is 14.5 Å². The van der Waals surface area contributed by atoms with E-state index in [-0.39, 0.29) is 39.5 Å². The van der Waals surface area contributed by atoms with Gasteiger partial charge in [0.25, 0.3) is 10.0 Å². The van der Waals surface area contributed by atoms with Crippen LogP contribution in [0.25, 0.3) is 11.0 Å². The lowest BCUT2D eigenvalue weighted by molar-refractivity contribution is 0.104. The van der Waals surface area contributed by atoms with Gasteiger partial charge in [0.1, 0.15) is 23.5 Å². The van der Waals surface area contributed by atoms with Crippen molar-refractivity contribution < 1.29 is 17.9 Å². The van der Waals surface area contributed by atoms with Crippen LogP contribution in [0.5, 0.6) is 5.75 Å². The normalized spacial score (nSPS) is 11.7.